The van der Waals surface area contributed by atoms with E-state index in [2.05, 4.69) is 157 Å². The zero-order valence-electron chi connectivity index (χ0n) is 23.9. The number of hydrogen-bond donors (Lipinski definition) is 0. The van der Waals surface area contributed by atoms with Crippen molar-refractivity contribution in [1.82, 2.24) is 0 Å². The van der Waals surface area contributed by atoms with Crippen LogP contribution in [0.2, 0.25) is 0 Å². The van der Waals surface area contributed by atoms with Gasteiger partial charge in [0.25, 0.3) is 0 Å². The van der Waals surface area contributed by atoms with Crippen molar-refractivity contribution in [1.29, 1.82) is 0 Å². The van der Waals surface area contributed by atoms with Crippen LogP contribution in [0.5, 0.6) is 0 Å². The van der Waals surface area contributed by atoms with Crippen molar-refractivity contribution in [3.63, 3.8) is 0 Å². The highest BCUT2D eigenvalue weighted by molar-refractivity contribution is 6.19. The standard InChI is InChI=1S/C42H27NO/c1-2-11-31(12-3-1)43(33-24-20-29-21-25-41-42(39(29)27-33)37-16-8-9-17-40(37)44-41)32-22-18-28(19-23-32)38-26-30-10-4-5-13-34(30)35-14-6-7-15-36(35)38/h1-27H. The van der Waals surface area contributed by atoms with Crippen molar-refractivity contribution in [3.05, 3.63) is 164 Å². The fourth-order valence-corrected chi connectivity index (χ4v) is 6.78. The molecular weight excluding hydrogens is 534 g/mol. The molecule has 0 bridgehead atoms. The molecule has 1 heterocycles. The Balaban J connectivity index is 1.21. The lowest BCUT2D eigenvalue weighted by Gasteiger charge is -2.26. The van der Waals surface area contributed by atoms with Gasteiger partial charge in [0, 0.05) is 27.8 Å². The highest BCUT2D eigenvalue weighted by Crippen LogP contribution is 2.41. The SMILES string of the molecule is c1ccc(N(c2ccc(-c3cc4ccccc4c4ccccc34)cc2)c2ccc3ccc4oc5ccccc5c4c3c2)cc1. The van der Waals surface area contributed by atoms with E-state index in [4.69, 9.17) is 4.42 Å². The van der Waals surface area contributed by atoms with E-state index in [0.29, 0.717) is 0 Å². The fraction of sp³-hybridized carbons (Fsp3) is 0. The molecule has 0 atom stereocenters. The molecule has 0 radical (unpaired) electrons. The molecular formula is C42H27NO. The quantitative estimate of drug-likeness (QED) is 0.199. The molecule has 0 fully saturated rings. The summed E-state index contributed by atoms with van der Waals surface area (Å²) >= 11 is 0. The first-order valence-corrected chi connectivity index (χ1v) is 15.0. The number of rotatable bonds is 4. The van der Waals surface area contributed by atoms with Crippen molar-refractivity contribution in [2.75, 3.05) is 4.90 Å². The third-order valence-corrected chi connectivity index (χ3v) is 8.82. The number of fused-ring (bicyclic) bond motifs is 8. The van der Waals surface area contributed by atoms with Gasteiger partial charge >= 0.3 is 0 Å². The Bertz CT molecular complexity index is 2490. The van der Waals surface area contributed by atoms with Gasteiger partial charge in [0.2, 0.25) is 0 Å². The minimum Gasteiger partial charge on any atom is -0.456 e. The number of hydrogen-bond acceptors (Lipinski definition) is 2. The number of para-hydroxylation sites is 2. The summed E-state index contributed by atoms with van der Waals surface area (Å²) in [7, 11) is 0. The lowest BCUT2D eigenvalue weighted by molar-refractivity contribution is 0.669. The Morgan fingerprint density at radius 2 is 1.00 bits per heavy atom. The van der Waals surface area contributed by atoms with Gasteiger partial charge in [-0.3, -0.25) is 0 Å². The van der Waals surface area contributed by atoms with E-state index >= 15 is 0 Å². The third kappa shape index (κ3) is 3.89. The van der Waals surface area contributed by atoms with Crippen LogP contribution < -0.4 is 4.90 Å². The molecule has 1 aromatic heterocycles. The van der Waals surface area contributed by atoms with E-state index in [9.17, 15) is 0 Å². The van der Waals surface area contributed by atoms with Crippen LogP contribution in [-0.2, 0) is 0 Å². The van der Waals surface area contributed by atoms with Gasteiger partial charge in [-0.1, -0.05) is 109 Å². The summed E-state index contributed by atoms with van der Waals surface area (Å²) in [5, 5.41) is 9.77. The van der Waals surface area contributed by atoms with Crippen molar-refractivity contribution >= 4 is 71.3 Å². The van der Waals surface area contributed by atoms with Crippen LogP contribution in [-0.4, -0.2) is 0 Å². The molecule has 0 unspecified atom stereocenters. The van der Waals surface area contributed by atoms with Gasteiger partial charge < -0.3 is 9.32 Å². The molecule has 0 spiro atoms. The summed E-state index contributed by atoms with van der Waals surface area (Å²) in [6.45, 7) is 0. The number of anilines is 3. The summed E-state index contributed by atoms with van der Waals surface area (Å²) in [4.78, 5) is 2.34. The summed E-state index contributed by atoms with van der Waals surface area (Å²) in [5.41, 5.74) is 7.59. The van der Waals surface area contributed by atoms with Crippen molar-refractivity contribution in [3.8, 4) is 11.1 Å². The molecule has 0 aliphatic rings. The van der Waals surface area contributed by atoms with Crippen LogP contribution in [0, 0.1) is 0 Å². The first kappa shape index (κ1) is 24.7. The zero-order chi connectivity index (χ0) is 29.0. The average molecular weight is 562 g/mol. The number of benzene rings is 8. The van der Waals surface area contributed by atoms with Crippen LogP contribution in [0.15, 0.2) is 168 Å². The average Bonchev–Trinajstić information content (AvgIpc) is 3.48. The Morgan fingerprint density at radius 3 is 1.84 bits per heavy atom. The third-order valence-electron chi connectivity index (χ3n) is 8.82. The van der Waals surface area contributed by atoms with Gasteiger partial charge in [0.15, 0.2) is 0 Å². The van der Waals surface area contributed by atoms with Crippen LogP contribution in [0.1, 0.15) is 0 Å². The van der Waals surface area contributed by atoms with Crippen LogP contribution >= 0.6 is 0 Å². The molecule has 0 aliphatic heterocycles. The second kappa shape index (κ2) is 9.86. The molecule has 0 amide bonds. The predicted molar refractivity (Wildman–Crippen MR) is 186 cm³/mol. The van der Waals surface area contributed by atoms with Gasteiger partial charge in [-0.05, 0) is 98.0 Å². The summed E-state index contributed by atoms with van der Waals surface area (Å²) in [6.07, 6.45) is 0. The summed E-state index contributed by atoms with van der Waals surface area (Å²) in [6, 6.07) is 58.6. The molecule has 0 aliphatic carbocycles. The molecule has 9 rings (SSSR count). The van der Waals surface area contributed by atoms with E-state index in [1.165, 1.54) is 43.4 Å². The number of nitrogens with zero attached hydrogens (tertiary/aromatic N) is 1. The second-order valence-electron chi connectivity index (χ2n) is 11.4. The molecule has 9 aromatic rings. The maximum Gasteiger partial charge on any atom is 0.136 e. The van der Waals surface area contributed by atoms with Crippen LogP contribution in [0.25, 0.3) is 65.4 Å². The monoisotopic (exact) mass is 561 g/mol. The van der Waals surface area contributed by atoms with Gasteiger partial charge in [-0.2, -0.15) is 0 Å². The molecule has 2 heteroatoms. The minimum absolute atomic E-state index is 0.911. The minimum atomic E-state index is 0.911. The Kier molecular flexibility index (Phi) is 5.54. The van der Waals surface area contributed by atoms with Crippen molar-refractivity contribution < 1.29 is 4.42 Å². The van der Waals surface area contributed by atoms with E-state index in [0.717, 1.165) is 39.0 Å². The van der Waals surface area contributed by atoms with E-state index in [-0.39, 0.29) is 0 Å². The van der Waals surface area contributed by atoms with Gasteiger partial charge in [0.05, 0.1) is 0 Å². The zero-order valence-corrected chi connectivity index (χ0v) is 23.9. The maximum absolute atomic E-state index is 6.23. The molecule has 8 aromatic carbocycles. The molecule has 0 N–H and O–H groups in total. The fourth-order valence-electron chi connectivity index (χ4n) is 6.78. The Hall–Kier alpha value is -5.86. The smallest absolute Gasteiger partial charge is 0.136 e. The largest absolute Gasteiger partial charge is 0.456 e. The second-order valence-corrected chi connectivity index (χ2v) is 11.4. The molecule has 0 saturated heterocycles. The molecule has 2 nitrogen and oxygen atoms in total. The Labute approximate surface area is 255 Å². The molecule has 0 saturated carbocycles. The van der Waals surface area contributed by atoms with E-state index in [1.54, 1.807) is 0 Å². The Morgan fingerprint density at radius 1 is 0.364 bits per heavy atom. The van der Waals surface area contributed by atoms with Gasteiger partial charge in [0.1, 0.15) is 11.2 Å². The summed E-state index contributed by atoms with van der Waals surface area (Å²) in [5.74, 6) is 0. The molecule has 44 heavy (non-hydrogen) atoms. The number of furan rings is 1. The first-order chi connectivity index (χ1) is 21.8. The van der Waals surface area contributed by atoms with E-state index < -0.39 is 0 Å². The highest BCUT2D eigenvalue weighted by atomic mass is 16.3. The predicted octanol–water partition coefficient (Wildman–Crippen LogP) is 12.2. The van der Waals surface area contributed by atoms with Crippen molar-refractivity contribution in [2.45, 2.75) is 0 Å². The van der Waals surface area contributed by atoms with Crippen LogP contribution in [0.3, 0.4) is 0 Å². The first-order valence-electron chi connectivity index (χ1n) is 15.0. The van der Waals surface area contributed by atoms with Crippen molar-refractivity contribution in [2.24, 2.45) is 0 Å². The topological polar surface area (TPSA) is 16.4 Å². The lowest BCUT2D eigenvalue weighted by atomic mass is 9.93. The molecule has 206 valence electrons. The summed E-state index contributed by atoms with van der Waals surface area (Å²) < 4.78 is 6.23. The van der Waals surface area contributed by atoms with Crippen LogP contribution in [0.4, 0.5) is 17.1 Å². The lowest BCUT2D eigenvalue weighted by Crippen LogP contribution is -2.09. The maximum atomic E-state index is 6.23. The van der Waals surface area contributed by atoms with E-state index in [1.807, 2.05) is 12.1 Å². The van der Waals surface area contributed by atoms with Gasteiger partial charge in [-0.25, -0.2) is 0 Å². The normalized spacial score (nSPS) is 11.6. The highest BCUT2D eigenvalue weighted by Gasteiger charge is 2.16. The van der Waals surface area contributed by atoms with Gasteiger partial charge in [-0.15, -0.1) is 0 Å².